The second kappa shape index (κ2) is 13.5. The van der Waals surface area contributed by atoms with Crippen LogP contribution in [0.2, 0.25) is 0 Å². The Bertz CT molecular complexity index is 832. The van der Waals surface area contributed by atoms with E-state index in [0.29, 0.717) is 45.5 Å². The molecule has 0 aromatic carbocycles. The fourth-order valence-electron chi connectivity index (χ4n) is 4.91. The molecule has 2 heterocycles. The van der Waals surface area contributed by atoms with Crippen LogP contribution in [0.15, 0.2) is 0 Å². The zero-order valence-corrected chi connectivity index (χ0v) is 25.0. The van der Waals surface area contributed by atoms with Gasteiger partial charge in [-0.1, -0.05) is 26.7 Å². The van der Waals surface area contributed by atoms with Crippen LogP contribution in [0.1, 0.15) is 101 Å². The second-order valence-corrected chi connectivity index (χ2v) is 12.4. The van der Waals surface area contributed by atoms with Gasteiger partial charge in [-0.15, -0.1) is 0 Å². The number of aliphatic carboxylic acids is 1. The maximum Gasteiger partial charge on any atom is 0.410 e. The number of nitrogens with zero attached hydrogens (tertiary/aromatic N) is 2. The van der Waals surface area contributed by atoms with E-state index in [1.807, 2.05) is 34.6 Å². The summed E-state index contributed by atoms with van der Waals surface area (Å²) >= 11 is 0. The van der Waals surface area contributed by atoms with Crippen molar-refractivity contribution in [2.75, 3.05) is 32.8 Å². The van der Waals surface area contributed by atoms with E-state index in [0.717, 1.165) is 19.3 Å². The first kappa shape index (κ1) is 33.5. The number of carbonyl (C=O) groups excluding carboxylic acids is 3. The Kier molecular flexibility index (Phi) is 11.9. The van der Waals surface area contributed by atoms with E-state index in [1.54, 1.807) is 32.6 Å². The summed E-state index contributed by atoms with van der Waals surface area (Å²) in [5, 5.41) is 9.35. The Morgan fingerprint density at radius 1 is 0.737 bits per heavy atom. The van der Waals surface area contributed by atoms with Crippen LogP contribution in [0.3, 0.4) is 0 Å². The molecule has 10 heteroatoms. The van der Waals surface area contributed by atoms with Gasteiger partial charge in [-0.05, 0) is 74.1 Å². The normalized spacial score (nSPS) is 23.4. The highest BCUT2D eigenvalue weighted by atomic mass is 16.6. The number of amides is 2. The molecule has 2 atom stereocenters. The monoisotopic (exact) mass is 542 g/mol. The topological polar surface area (TPSA) is 123 Å². The van der Waals surface area contributed by atoms with Crippen molar-refractivity contribution in [3.8, 4) is 0 Å². The Hall–Kier alpha value is -2.52. The minimum atomic E-state index is -0.810. The Morgan fingerprint density at radius 3 is 1.50 bits per heavy atom. The quantitative estimate of drug-likeness (QED) is 0.332. The number of rotatable bonds is 7. The smallest absolute Gasteiger partial charge is 0.410 e. The number of esters is 1. The van der Waals surface area contributed by atoms with E-state index in [-0.39, 0.29) is 18.6 Å². The molecule has 2 rings (SSSR count). The highest BCUT2D eigenvalue weighted by molar-refractivity contribution is 5.80. The molecule has 2 aliphatic heterocycles. The van der Waals surface area contributed by atoms with Crippen LogP contribution in [0.4, 0.5) is 9.59 Å². The molecular formula is C28H50N2O8. The lowest BCUT2D eigenvalue weighted by Gasteiger charge is -2.28. The molecule has 0 aromatic heterocycles. The minimum absolute atomic E-state index is 0.187. The Balaban J connectivity index is 0.000000382. The number of ether oxygens (including phenoxy) is 3. The third kappa shape index (κ3) is 9.66. The fourth-order valence-corrected chi connectivity index (χ4v) is 4.91. The van der Waals surface area contributed by atoms with Gasteiger partial charge in [-0.25, -0.2) is 9.59 Å². The molecule has 0 spiro atoms. The number of likely N-dealkylation sites (tertiary alicyclic amines) is 2. The average Bonchev–Trinajstić information content (AvgIpc) is 3.39. The van der Waals surface area contributed by atoms with Crippen LogP contribution < -0.4 is 0 Å². The summed E-state index contributed by atoms with van der Waals surface area (Å²) in [4.78, 5) is 50.7. The van der Waals surface area contributed by atoms with Crippen LogP contribution in [0.25, 0.3) is 0 Å². The fraction of sp³-hybridized carbons (Fsp3) is 0.857. The van der Waals surface area contributed by atoms with Crippen LogP contribution >= 0.6 is 0 Å². The summed E-state index contributed by atoms with van der Waals surface area (Å²) in [6.45, 7) is 18.8. The molecule has 38 heavy (non-hydrogen) atoms. The van der Waals surface area contributed by atoms with Gasteiger partial charge < -0.3 is 29.1 Å². The third-order valence-corrected chi connectivity index (χ3v) is 6.63. The number of hydrogen-bond acceptors (Lipinski definition) is 7. The van der Waals surface area contributed by atoms with E-state index in [9.17, 15) is 24.3 Å². The van der Waals surface area contributed by atoms with Crippen LogP contribution in [-0.2, 0) is 23.8 Å². The van der Waals surface area contributed by atoms with Crippen molar-refractivity contribution in [2.45, 2.75) is 112 Å². The molecule has 0 bridgehead atoms. The van der Waals surface area contributed by atoms with Gasteiger partial charge in [0.2, 0.25) is 0 Å². The number of carboxylic acids is 1. The third-order valence-electron chi connectivity index (χ3n) is 6.63. The lowest BCUT2D eigenvalue weighted by molar-refractivity contribution is -0.155. The zero-order valence-electron chi connectivity index (χ0n) is 25.0. The lowest BCUT2D eigenvalue weighted by atomic mass is 9.82. The van der Waals surface area contributed by atoms with Crippen molar-refractivity contribution in [1.29, 1.82) is 0 Å². The second-order valence-electron chi connectivity index (χ2n) is 12.4. The molecule has 0 unspecified atom stereocenters. The lowest BCUT2D eigenvalue weighted by Crippen LogP contribution is -2.40. The maximum absolute atomic E-state index is 12.2. The Morgan fingerprint density at radius 2 is 1.13 bits per heavy atom. The molecule has 1 N–H and O–H groups in total. The van der Waals surface area contributed by atoms with Gasteiger partial charge in [0.05, 0.1) is 17.4 Å². The van der Waals surface area contributed by atoms with Crippen LogP contribution in [0.5, 0.6) is 0 Å². The largest absolute Gasteiger partial charge is 0.481 e. The molecule has 2 amide bonds. The van der Waals surface area contributed by atoms with E-state index < -0.39 is 34.1 Å². The highest BCUT2D eigenvalue weighted by Gasteiger charge is 2.48. The number of carbonyl (C=O) groups is 4. The molecule has 2 saturated heterocycles. The maximum atomic E-state index is 12.2. The molecule has 2 aliphatic rings. The van der Waals surface area contributed by atoms with Crippen LogP contribution in [0, 0.1) is 10.8 Å². The summed E-state index contributed by atoms with van der Waals surface area (Å²) in [5.74, 6) is -0.997. The molecular weight excluding hydrogens is 492 g/mol. The van der Waals surface area contributed by atoms with E-state index in [1.165, 1.54) is 4.90 Å². The van der Waals surface area contributed by atoms with Crippen molar-refractivity contribution in [3.05, 3.63) is 0 Å². The van der Waals surface area contributed by atoms with Crippen molar-refractivity contribution in [1.82, 2.24) is 9.80 Å². The predicted molar refractivity (Wildman–Crippen MR) is 144 cm³/mol. The van der Waals surface area contributed by atoms with Crippen molar-refractivity contribution < 1.29 is 38.5 Å². The van der Waals surface area contributed by atoms with Gasteiger partial charge in [0, 0.05) is 26.2 Å². The van der Waals surface area contributed by atoms with Crippen molar-refractivity contribution in [2.24, 2.45) is 10.8 Å². The number of carboxylic acid groups (broad SMARTS) is 1. The van der Waals surface area contributed by atoms with Gasteiger partial charge in [0.15, 0.2) is 0 Å². The molecule has 10 nitrogen and oxygen atoms in total. The molecule has 0 radical (unpaired) electrons. The van der Waals surface area contributed by atoms with Gasteiger partial charge in [0.1, 0.15) is 11.2 Å². The Labute approximate surface area is 228 Å². The first-order valence-electron chi connectivity index (χ1n) is 13.8. The summed E-state index contributed by atoms with van der Waals surface area (Å²) < 4.78 is 15.8. The van der Waals surface area contributed by atoms with Gasteiger partial charge in [-0.3, -0.25) is 9.59 Å². The summed E-state index contributed by atoms with van der Waals surface area (Å²) in [6, 6.07) is 0. The van der Waals surface area contributed by atoms with E-state index in [4.69, 9.17) is 14.2 Å². The van der Waals surface area contributed by atoms with Crippen molar-refractivity contribution in [3.63, 3.8) is 0 Å². The van der Waals surface area contributed by atoms with Gasteiger partial charge >= 0.3 is 24.1 Å². The van der Waals surface area contributed by atoms with Gasteiger partial charge in [0.25, 0.3) is 0 Å². The summed E-state index contributed by atoms with van der Waals surface area (Å²) in [6.07, 6.45) is 3.43. The highest BCUT2D eigenvalue weighted by Crippen LogP contribution is 2.38. The SMILES string of the molecule is CCC[C@]1(C(=O)O)CCN(C(=O)OC(C)(C)C)C1.CCC[C@]1(C(=O)OCC)CCN(C(=O)OC(C)(C)C)C1. The van der Waals surface area contributed by atoms with Crippen LogP contribution in [-0.4, -0.2) is 83.0 Å². The van der Waals surface area contributed by atoms with E-state index in [2.05, 4.69) is 0 Å². The first-order chi connectivity index (χ1) is 17.4. The predicted octanol–water partition coefficient (Wildman–Crippen LogP) is 5.48. The average molecular weight is 543 g/mol. The summed E-state index contributed by atoms with van der Waals surface area (Å²) in [5.41, 5.74) is -2.40. The first-order valence-corrected chi connectivity index (χ1v) is 13.8. The number of hydrogen-bond donors (Lipinski definition) is 1. The van der Waals surface area contributed by atoms with Gasteiger partial charge in [-0.2, -0.15) is 0 Å². The van der Waals surface area contributed by atoms with E-state index >= 15 is 0 Å². The van der Waals surface area contributed by atoms with Crippen molar-refractivity contribution >= 4 is 24.1 Å². The molecule has 220 valence electrons. The summed E-state index contributed by atoms with van der Waals surface area (Å²) in [7, 11) is 0. The molecule has 2 fully saturated rings. The minimum Gasteiger partial charge on any atom is -0.481 e. The zero-order chi connectivity index (χ0) is 29.4. The molecule has 0 saturated carbocycles. The standard InChI is InChI=1S/C15H27NO4.C13H23NO4/c1-6-8-15(12(17)19-7-2)9-10-16(11-15)13(18)20-14(3,4)5;1-5-6-13(10(15)16)7-8-14(9-13)11(17)18-12(2,3)4/h6-11H2,1-5H3;5-9H2,1-4H3,(H,15,16)/t15-;13-/m00/s1. The molecule has 0 aromatic rings. The molecule has 0 aliphatic carbocycles.